The second-order valence-corrected chi connectivity index (χ2v) is 8.28. The molecule has 0 bridgehead atoms. The van der Waals surface area contributed by atoms with Gasteiger partial charge in [0.1, 0.15) is 16.4 Å². The van der Waals surface area contributed by atoms with Gasteiger partial charge in [0.2, 0.25) is 0 Å². The number of hydrogen-bond donors (Lipinski definition) is 1. The summed E-state index contributed by atoms with van der Waals surface area (Å²) in [4.78, 5) is 30.7. The van der Waals surface area contributed by atoms with Crippen molar-refractivity contribution < 1.29 is 14.6 Å². The summed E-state index contributed by atoms with van der Waals surface area (Å²) in [6.45, 7) is 9.02. The van der Waals surface area contributed by atoms with Gasteiger partial charge < -0.3 is 9.84 Å². The molecule has 6 nitrogen and oxygen atoms in total. The van der Waals surface area contributed by atoms with Crippen LogP contribution in [0.4, 0.5) is 0 Å². The first-order chi connectivity index (χ1) is 13.3. The standard InChI is InChI=1S/C21H24N2O4S/c1-12(2)18-22-19-17(13(3)14(4)28-19)20(24)23(18)10-5-11-27-16-8-6-15(7-9-16)21(25)26/h6-9,12H,5,10-11H2,1-4H3,(H,25,26). The Balaban J connectivity index is 1.75. The molecule has 2 heterocycles. The Morgan fingerprint density at radius 3 is 2.54 bits per heavy atom. The lowest BCUT2D eigenvalue weighted by atomic mass is 10.1. The van der Waals surface area contributed by atoms with E-state index in [1.807, 2.05) is 27.7 Å². The van der Waals surface area contributed by atoms with E-state index in [9.17, 15) is 9.59 Å². The lowest BCUT2D eigenvalue weighted by Crippen LogP contribution is -2.26. The maximum Gasteiger partial charge on any atom is 0.335 e. The first-order valence-electron chi connectivity index (χ1n) is 9.26. The summed E-state index contributed by atoms with van der Waals surface area (Å²) in [6, 6.07) is 6.30. The number of aromatic carboxylic acids is 1. The summed E-state index contributed by atoms with van der Waals surface area (Å²) in [6.07, 6.45) is 0.648. The van der Waals surface area contributed by atoms with Crippen LogP contribution in [0.15, 0.2) is 29.1 Å². The zero-order chi connectivity index (χ0) is 20.4. The maximum absolute atomic E-state index is 13.1. The van der Waals surface area contributed by atoms with Crippen molar-refractivity contribution in [2.75, 3.05) is 6.61 Å². The van der Waals surface area contributed by atoms with Crippen LogP contribution in [0.25, 0.3) is 10.2 Å². The lowest BCUT2D eigenvalue weighted by molar-refractivity contribution is 0.0697. The Bertz CT molecular complexity index is 1060. The summed E-state index contributed by atoms with van der Waals surface area (Å²) < 4.78 is 7.46. The molecule has 0 aliphatic heterocycles. The van der Waals surface area contributed by atoms with Crippen LogP contribution in [-0.2, 0) is 6.54 Å². The van der Waals surface area contributed by atoms with Crippen LogP contribution in [0.5, 0.6) is 5.75 Å². The molecule has 0 aliphatic rings. The van der Waals surface area contributed by atoms with Crippen LogP contribution >= 0.6 is 11.3 Å². The predicted molar refractivity (Wildman–Crippen MR) is 111 cm³/mol. The highest BCUT2D eigenvalue weighted by Crippen LogP contribution is 2.27. The van der Waals surface area contributed by atoms with Gasteiger partial charge in [0.15, 0.2) is 0 Å². The minimum absolute atomic E-state index is 0.0151. The van der Waals surface area contributed by atoms with Gasteiger partial charge in [0.25, 0.3) is 5.56 Å². The molecule has 0 saturated heterocycles. The van der Waals surface area contributed by atoms with E-state index in [0.29, 0.717) is 25.3 Å². The molecule has 1 aromatic carbocycles. The normalized spacial score (nSPS) is 11.3. The molecule has 3 aromatic rings. The molecule has 0 atom stereocenters. The SMILES string of the molecule is Cc1sc2nc(C(C)C)n(CCCOc3ccc(C(=O)O)cc3)c(=O)c2c1C. The monoisotopic (exact) mass is 400 g/mol. The number of aromatic nitrogens is 2. The average molecular weight is 401 g/mol. The van der Waals surface area contributed by atoms with Crippen molar-refractivity contribution in [3.05, 3.63) is 56.4 Å². The van der Waals surface area contributed by atoms with Crippen molar-refractivity contribution in [1.82, 2.24) is 9.55 Å². The van der Waals surface area contributed by atoms with Gasteiger partial charge in [-0.2, -0.15) is 0 Å². The van der Waals surface area contributed by atoms with E-state index in [4.69, 9.17) is 14.8 Å². The molecule has 0 fully saturated rings. The summed E-state index contributed by atoms with van der Waals surface area (Å²) in [7, 11) is 0. The molecule has 28 heavy (non-hydrogen) atoms. The fourth-order valence-corrected chi connectivity index (χ4v) is 4.13. The number of nitrogens with zero attached hydrogens (tertiary/aromatic N) is 2. The molecular formula is C21H24N2O4S. The third-order valence-corrected chi connectivity index (χ3v) is 5.83. The number of carboxylic acid groups (broad SMARTS) is 1. The van der Waals surface area contributed by atoms with Crippen LogP contribution in [0.3, 0.4) is 0 Å². The van der Waals surface area contributed by atoms with E-state index >= 15 is 0 Å². The lowest BCUT2D eigenvalue weighted by Gasteiger charge is -2.15. The molecule has 3 rings (SSSR count). The van der Waals surface area contributed by atoms with Crippen LogP contribution < -0.4 is 10.3 Å². The van der Waals surface area contributed by atoms with Crippen molar-refractivity contribution in [2.45, 2.75) is 46.6 Å². The zero-order valence-electron chi connectivity index (χ0n) is 16.5. The second-order valence-electron chi connectivity index (χ2n) is 7.08. The van der Waals surface area contributed by atoms with Crippen molar-refractivity contribution in [3.8, 4) is 5.75 Å². The Morgan fingerprint density at radius 2 is 1.93 bits per heavy atom. The predicted octanol–water partition coefficient (Wildman–Crippen LogP) is 4.37. The van der Waals surface area contributed by atoms with Gasteiger partial charge in [-0.05, 0) is 50.1 Å². The molecule has 0 spiro atoms. The number of carbonyl (C=O) groups is 1. The zero-order valence-corrected chi connectivity index (χ0v) is 17.3. The Morgan fingerprint density at radius 1 is 1.25 bits per heavy atom. The Labute approximate surface area is 167 Å². The van der Waals surface area contributed by atoms with Crippen LogP contribution in [-0.4, -0.2) is 27.2 Å². The van der Waals surface area contributed by atoms with E-state index < -0.39 is 5.97 Å². The molecule has 0 saturated carbocycles. The fraction of sp³-hybridized carbons (Fsp3) is 0.381. The summed E-state index contributed by atoms with van der Waals surface area (Å²) >= 11 is 1.57. The molecule has 0 aliphatic carbocycles. The summed E-state index contributed by atoms with van der Waals surface area (Å²) in [5.41, 5.74) is 1.25. The molecule has 1 N–H and O–H groups in total. The molecule has 0 amide bonds. The number of benzene rings is 1. The minimum atomic E-state index is -0.964. The number of hydrogen-bond acceptors (Lipinski definition) is 5. The maximum atomic E-state index is 13.1. The van der Waals surface area contributed by atoms with Gasteiger partial charge in [0, 0.05) is 17.3 Å². The van der Waals surface area contributed by atoms with E-state index in [-0.39, 0.29) is 17.0 Å². The Hall–Kier alpha value is -2.67. The number of thiophene rings is 1. The third-order valence-electron chi connectivity index (χ3n) is 4.73. The van der Waals surface area contributed by atoms with Crippen LogP contribution in [0.2, 0.25) is 0 Å². The first kappa shape index (κ1) is 20.1. The molecular weight excluding hydrogens is 376 g/mol. The first-order valence-corrected chi connectivity index (χ1v) is 10.1. The smallest absolute Gasteiger partial charge is 0.335 e. The molecule has 0 radical (unpaired) electrons. The second kappa shape index (κ2) is 8.14. The molecule has 0 unspecified atom stereocenters. The minimum Gasteiger partial charge on any atom is -0.494 e. The van der Waals surface area contributed by atoms with E-state index in [1.165, 1.54) is 12.1 Å². The molecule has 148 valence electrons. The van der Waals surface area contributed by atoms with Gasteiger partial charge in [-0.3, -0.25) is 9.36 Å². The number of ether oxygens (including phenoxy) is 1. The number of fused-ring (bicyclic) bond motifs is 1. The summed E-state index contributed by atoms with van der Waals surface area (Å²) in [5.74, 6) is 0.585. The van der Waals surface area contributed by atoms with Crippen LogP contribution in [0.1, 0.15) is 52.8 Å². The highest BCUT2D eigenvalue weighted by atomic mass is 32.1. The highest BCUT2D eigenvalue weighted by Gasteiger charge is 2.18. The van der Waals surface area contributed by atoms with Crippen LogP contribution in [0, 0.1) is 13.8 Å². The largest absolute Gasteiger partial charge is 0.494 e. The highest BCUT2D eigenvalue weighted by molar-refractivity contribution is 7.18. The molecule has 2 aromatic heterocycles. The molecule has 7 heteroatoms. The van der Waals surface area contributed by atoms with Gasteiger partial charge in [-0.1, -0.05) is 13.8 Å². The van der Waals surface area contributed by atoms with Gasteiger partial charge in [0.05, 0.1) is 17.6 Å². The van der Waals surface area contributed by atoms with Crippen molar-refractivity contribution in [2.24, 2.45) is 0 Å². The third kappa shape index (κ3) is 3.94. The summed E-state index contributed by atoms with van der Waals surface area (Å²) in [5, 5.41) is 9.65. The van der Waals surface area contributed by atoms with Gasteiger partial charge in [-0.15, -0.1) is 11.3 Å². The average Bonchev–Trinajstić information content (AvgIpc) is 2.94. The Kier molecular flexibility index (Phi) is 5.84. The van der Waals surface area contributed by atoms with Crippen molar-refractivity contribution in [1.29, 1.82) is 0 Å². The number of carboxylic acids is 1. The van der Waals surface area contributed by atoms with Crippen molar-refractivity contribution in [3.63, 3.8) is 0 Å². The van der Waals surface area contributed by atoms with Crippen molar-refractivity contribution >= 4 is 27.5 Å². The van der Waals surface area contributed by atoms with Gasteiger partial charge >= 0.3 is 5.97 Å². The quantitative estimate of drug-likeness (QED) is 0.596. The number of aryl methyl sites for hydroxylation is 2. The van der Waals surface area contributed by atoms with E-state index in [1.54, 1.807) is 28.0 Å². The van der Waals surface area contributed by atoms with E-state index in [2.05, 4.69) is 0 Å². The topological polar surface area (TPSA) is 81.4 Å². The van der Waals surface area contributed by atoms with Gasteiger partial charge in [-0.25, -0.2) is 9.78 Å². The van der Waals surface area contributed by atoms with E-state index in [0.717, 1.165) is 26.5 Å². The number of rotatable bonds is 7. The fourth-order valence-electron chi connectivity index (χ4n) is 3.11.